The monoisotopic (exact) mass is 326 g/mol. The van der Waals surface area contributed by atoms with Crippen molar-refractivity contribution in [2.24, 2.45) is 5.92 Å². The van der Waals surface area contributed by atoms with E-state index in [1.54, 1.807) is 0 Å². The standard InChI is InChI=1S/C15H22N2O4S/c1-17(2)22(19,20)11-13-9-21-10-14(13)16-15(18)8-12-6-4-3-5-7-12/h3-7,13-14H,8-11H2,1-2H3,(H,16,18)/t13-,14-/m0/s1. The number of nitrogens with one attached hydrogen (secondary N) is 1. The van der Waals surface area contributed by atoms with Crippen LogP contribution < -0.4 is 5.32 Å². The van der Waals surface area contributed by atoms with Crippen LogP contribution in [-0.4, -0.2) is 57.7 Å². The smallest absolute Gasteiger partial charge is 0.224 e. The van der Waals surface area contributed by atoms with Gasteiger partial charge in [-0.2, -0.15) is 0 Å². The first-order chi connectivity index (χ1) is 10.4. The van der Waals surface area contributed by atoms with Gasteiger partial charge in [0.2, 0.25) is 15.9 Å². The minimum absolute atomic E-state index is 0.0176. The summed E-state index contributed by atoms with van der Waals surface area (Å²) < 4.78 is 30.5. The summed E-state index contributed by atoms with van der Waals surface area (Å²) in [7, 11) is -0.291. The van der Waals surface area contributed by atoms with E-state index in [1.165, 1.54) is 18.4 Å². The molecule has 122 valence electrons. The number of hydrogen-bond donors (Lipinski definition) is 1. The zero-order valence-corrected chi connectivity index (χ0v) is 13.7. The molecule has 0 unspecified atom stereocenters. The minimum Gasteiger partial charge on any atom is -0.379 e. The maximum atomic E-state index is 12.1. The highest BCUT2D eigenvalue weighted by molar-refractivity contribution is 7.89. The van der Waals surface area contributed by atoms with Crippen LogP contribution >= 0.6 is 0 Å². The van der Waals surface area contributed by atoms with Crippen LogP contribution in [-0.2, 0) is 26.0 Å². The summed E-state index contributed by atoms with van der Waals surface area (Å²) in [6, 6.07) is 9.18. The Morgan fingerprint density at radius 3 is 2.59 bits per heavy atom. The van der Waals surface area contributed by atoms with E-state index in [-0.39, 0.29) is 30.0 Å². The Balaban J connectivity index is 1.92. The molecule has 1 aromatic rings. The van der Waals surface area contributed by atoms with Crippen molar-refractivity contribution < 1.29 is 17.9 Å². The molecule has 2 atom stereocenters. The number of benzene rings is 1. The summed E-state index contributed by atoms with van der Waals surface area (Å²) in [5, 5.41) is 2.89. The zero-order chi connectivity index (χ0) is 16.2. The fourth-order valence-corrected chi connectivity index (χ4v) is 3.55. The molecule has 1 fully saturated rings. The van der Waals surface area contributed by atoms with Crippen molar-refractivity contribution in [1.29, 1.82) is 0 Å². The van der Waals surface area contributed by atoms with E-state index in [9.17, 15) is 13.2 Å². The molecule has 1 heterocycles. The molecule has 0 bridgehead atoms. The Kier molecular flexibility index (Phi) is 5.55. The molecule has 6 nitrogen and oxygen atoms in total. The first kappa shape index (κ1) is 16.9. The van der Waals surface area contributed by atoms with E-state index in [2.05, 4.69) is 5.32 Å². The number of ether oxygens (including phenoxy) is 1. The number of hydrogen-bond acceptors (Lipinski definition) is 4. The first-order valence-electron chi connectivity index (χ1n) is 7.20. The largest absolute Gasteiger partial charge is 0.379 e. The van der Waals surface area contributed by atoms with Crippen LogP contribution in [0.1, 0.15) is 5.56 Å². The lowest BCUT2D eigenvalue weighted by Crippen LogP contribution is -2.44. The molecule has 1 aliphatic rings. The van der Waals surface area contributed by atoms with Crippen molar-refractivity contribution in [3.8, 4) is 0 Å². The van der Waals surface area contributed by atoms with Gasteiger partial charge in [0.05, 0.1) is 31.4 Å². The fraction of sp³-hybridized carbons (Fsp3) is 0.533. The molecular formula is C15H22N2O4S. The van der Waals surface area contributed by atoms with Gasteiger partial charge in [0.25, 0.3) is 0 Å². The molecule has 22 heavy (non-hydrogen) atoms. The van der Waals surface area contributed by atoms with Crippen molar-refractivity contribution in [3.05, 3.63) is 35.9 Å². The molecule has 1 N–H and O–H groups in total. The van der Waals surface area contributed by atoms with Crippen molar-refractivity contribution in [1.82, 2.24) is 9.62 Å². The summed E-state index contributed by atoms with van der Waals surface area (Å²) >= 11 is 0. The maximum Gasteiger partial charge on any atom is 0.224 e. The van der Waals surface area contributed by atoms with Crippen LogP contribution in [0.4, 0.5) is 0 Å². The van der Waals surface area contributed by atoms with Gasteiger partial charge in [0.15, 0.2) is 0 Å². The van der Waals surface area contributed by atoms with E-state index in [0.29, 0.717) is 13.2 Å². The lowest BCUT2D eigenvalue weighted by atomic mass is 10.1. The molecule has 1 saturated heterocycles. The fourth-order valence-electron chi connectivity index (χ4n) is 2.38. The Hall–Kier alpha value is -1.44. The SMILES string of the molecule is CN(C)S(=O)(=O)C[C@@H]1COC[C@@H]1NC(=O)Cc1ccccc1. The molecule has 2 rings (SSSR count). The van der Waals surface area contributed by atoms with Gasteiger partial charge in [-0.1, -0.05) is 30.3 Å². The van der Waals surface area contributed by atoms with Gasteiger partial charge in [-0.25, -0.2) is 12.7 Å². The molecule has 0 radical (unpaired) electrons. The zero-order valence-electron chi connectivity index (χ0n) is 12.9. The highest BCUT2D eigenvalue weighted by Crippen LogP contribution is 2.17. The summed E-state index contributed by atoms with van der Waals surface area (Å²) in [6.45, 7) is 0.706. The predicted molar refractivity (Wildman–Crippen MR) is 83.9 cm³/mol. The third-order valence-corrected chi connectivity index (χ3v) is 5.70. The summed E-state index contributed by atoms with van der Waals surface area (Å²) in [6.07, 6.45) is 0.282. The first-order valence-corrected chi connectivity index (χ1v) is 8.80. The average molecular weight is 326 g/mol. The molecule has 0 spiro atoms. The molecular weight excluding hydrogens is 304 g/mol. The van der Waals surface area contributed by atoms with Crippen LogP contribution in [0.5, 0.6) is 0 Å². The number of carbonyl (C=O) groups is 1. The summed E-state index contributed by atoms with van der Waals surface area (Å²) in [5.41, 5.74) is 0.927. The molecule has 0 aliphatic carbocycles. The summed E-state index contributed by atoms with van der Waals surface area (Å²) in [4.78, 5) is 12.1. The minimum atomic E-state index is -3.31. The van der Waals surface area contributed by atoms with Crippen LogP contribution in [0, 0.1) is 5.92 Å². The van der Waals surface area contributed by atoms with Crippen LogP contribution in [0.3, 0.4) is 0 Å². The van der Waals surface area contributed by atoms with Gasteiger partial charge in [-0.05, 0) is 5.56 Å². The molecule has 0 aromatic heterocycles. The Morgan fingerprint density at radius 2 is 1.95 bits per heavy atom. The molecule has 0 saturated carbocycles. The van der Waals surface area contributed by atoms with Crippen LogP contribution in [0.25, 0.3) is 0 Å². The second kappa shape index (κ2) is 7.21. The lowest BCUT2D eigenvalue weighted by molar-refractivity contribution is -0.121. The van der Waals surface area contributed by atoms with Crippen molar-refractivity contribution in [2.45, 2.75) is 12.5 Å². The number of sulfonamides is 1. The molecule has 7 heteroatoms. The molecule has 1 aliphatic heterocycles. The maximum absolute atomic E-state index is 12.1. The van der Waals surface area contributed by atoms with Gasteiger partial charge in [-0.3, -0.25) is 4.79 Å². The predicted octanol–water partition coefficient (Wildman–Crippen LogP) is 0.252. The van der Waals surface area contributed by atoms with Crippen molar-refractivity contribution in [2.75, 3.05) is 33.1 Å². The molecule has 1 aromatic carbocycles. The number of nitrogens with zero attached hydrogens (tertiary/aromatic N) is 1. The van der Waals surface area contributed by atoms with E-state index in [1.807, 2.05) is 30.3 Å². The number of carbonyl (C=O) groups excluding carboxylic acids is 1. The van der Waals surface area contributed by atoms with Crippen molar-refractivity contribution in [3.63, 3.8) is 0 Å². The van der Waals surface area contributed by atoms with Gasteiger partial charge in [-0.15, -0.1) is 0 Å². The highest BCUT2D eigenvalue weighted by atomic mass is 32.2. The highest BCUT2D eigenvalue weighted by Gasteiger charge is 2.34. The Labute approximate surface area is 131 Å². The van der Waals surface area contributed by atoms with Crippen LogP contribution in [0.15, 0.2) is 30.3 Å². The third-order valence-electron chi connectivity index (χ3n) is 3.73. The van der Waals surface area contributed by atoms with Gasteiger partial charge >= 0.3 is 0 Å². The average Bonchev–Trinajstić information content (AvgIpc) is 2.86. The lowest BCUT2D eigenvalue weighted by Gasteiger charge is -2.21. The molecule has 1 amide bonds. The number of amides is 1. The summed E-state index contributed by atoms with van der Waals surface area (Å²) in [5.74, 6) is -0.350. The quantitative estimate of drug-likeness (QED) is 0.813. The second-order valence-corrected chi connectivity index (χ2v) is 7.92. The third kappa shape index (κ3) is 4.53. The van der Waals surface area contributed by atoms with Gasteiger partial charge in [0, 0.05) is 20.0 Å². The van der Waals surface area contributed by atoms with Crippen LogP contribution in [0.2, 0.25) is 0 Å². The van der Waals surface area contributed by atoms with Crippen molar-refractivity contribution >= 4 is 15.9 Å². The Bertz CT molecular complexity index is 601. The normalized spacial score (nSPS) is 22.0. The van der Waals surface area contributed by atoms with E-state index in [4.69, 9.17) is 4.74 Å². The van der Waals surface area contributed by atoms with Gasteiger partial charge < -0.3 is 10.1 Å². The second-order valence-electron chi connectivity index (χ2n) is 5.69. The van der Waals surface area contributed by atoms with Gasteiger partial charge in [0.1, 0.15) is 0 Å². The van der Waals surface area contributed by atoms with E-state index >= 15 is 0 Å². The van der Waals surface area contributed by atoms with E-state index < -0.39 is 10.0 Å². The Morgan fingerprint density at radius 1 is 1.27 bits per heavy atom. The number of rotatable bonds is 6. The van der Waals surface area contributed by atoms with E-state index in [0.717, 1.165) is 5.56 Å². The topological polar surface area (TPSA) is 75.7 Å².